The number of hydrogen-bond donors (Lipinski definition) is 2. The lowest BCUT2D eigenvalue weighted by molar-refractivity contribution is 0.0694. The Labute approximate surface area is 262 Å². The van der Waals surface area contributed by atoms with E-state index in [2.05, 4.69) is 10.2 Å². The summed E-state index contributed by atoms with van der Waals surface area (Å²) in [5, 5.41) is 12.4. The molecule has 1 aromatic heterocycles. The number of nitrogens with one attached hydrogen (secondary N) is 1. The molecule has 0 unspecified atom stereocenters. The highest BCUT2D eigenvalue weighted by atomic mass is 19.1. The number of anilines is 2. The molecule has 4 aromatic carbocycles. The Balaban J connectivity index is 1.16. The largest absolute Gasteiger partial charge is 0.497 e. The van der Waals surface area contributed by atoms with E-state index in [0.717, 1.165) is 11.6 Å². The smallest absolute Gasteiger partial charge is 0.341 e. The number of aromatic nitrogens is 1. The Hall–Kier alpha value is -5.55. The van der Waals surface area contributed by atoms with Crippen LogP contribution in [0.2, 0.25) is 0 Å². The average Bonchev–Trinajstić information content (AvgIpc) is 3.06. The number of carboxylic acids is 1. The number of methoxy groups -OCH3 is 1. The summed E-state index contributed by atoms with van der Waals surface area (Å²) in [7, 11) is 1.57. The van der Waals surface area contributed by atoms with E-state index in [1.807, 2.05) is 17.0 Å². The monoisotopic (exact) mass is 624 g/mol. The van der Waals surface area contributed by atoms with E-state index >= 15 is 4.39 Å². The molecule has 1 aliphatic rings. The third-order valence-electron chi connectivity index (χ3n) is 8.07. The molecule has 2 N–H and O–H groups in total. The van der Waals surface area contributed by atoms with Crippen LogP contribution in [-0.2, 0) is 6.54 Å². The highest BCUT2D eigenvalue weighted by molar-refractivity contribution is 6.04. The van der Waals surface area contributed by atoms with Crippen LogP contribution in [0.25, 0.3) is 16.6 Å². The summed E-state index contributed by atoms with van der Waals surface area (Å²) in [6, 6.07) is 22.5. The normalized spacial score (nSPS) is 13.5. The quantitative estimate of drug-likeness (QED) is 0.233. The minimum atomic E-state index is -1.44. The number of carboxylic acid groups (broad SMARTS) is 1. The molecule has 0 radical (unpaired) electrons. The first kappa shape index (κ1) is 30.5. The van der Waals surface area contributed by atoms with Crippen LogP contribution >= 0.6 is 0 Å². The number of benzene rings is 4. The number of ether oxygens (including phenoxy) is 1. The van der Waals surface area contributed by atoms with Crippen LogP contribution in [0.4, 0.5) is 20.2 Å². The maximum Gasteiger partial charge on any atom is 0.341 e. The van der Waals surface area contributed by atoms with Gasteiger partial charge in [-0.3, -0.25) is 14.5 Å². The fourth-order valence-electron chi connectivity index (χ4n) is 5.62. The van der Waals surface area contributed by atoms with Gasteiger partial charge in [-0.05, 0) is 66.2 Å². The number of nitrogens with zero attached hydrogens (tertiary/aromatic N) is 3. The summed E-state index contributed by atoms with van der Waals surface area (Å²) in [4.78, 5) is 41.6. The van der Waals surface area contributed by atoms with E-state index in [9.17, 15) is 23.9 Å². The second-order valence-corrected chi connectivity index (χ2v) is 11.0. The second kappa shape index (κ2) is 12.8. The average molecular weight is 625 g/mol. The first-order valence-electron chi connectivity index (χ1n) is 14.6. The number of piperazine rings is 1. The molecule has 0 spiro atoms. The van der Waals surface area contributed by atoms with E-state index in [1.165, 1.54) is 35.0 Å². The number of carbonyl (C=O) groups excluding carboxylic acids is 1. The summed E-state index contributed by atoms with van der Waals surface area (Å²) >= 11 is 0. The van der Waals surface area contributed by atoms with Gasteiger partial charge in [0.05, 0.1) is 18.3 Å². The first-order valence-corrected chi connectivity index (χ1v) is 14.6. The van der Waals surface area contributed by atoms with Crippen molar-refractivity contribution < 1.29 is 28.2 Å². The van der Waals surface area contributed by atoms with Gasteiger partial charge in [0.15, 0.2) is 0 Å². The molecular formula is C35H30F2N4O5. The Morgan fingerprint density at radius 1 is 0.913 bits per heavy atom. The van der Waals surface area contributed by atoms with E-state index in [4.69, 9.17) is 4.74 Å². The van der Waals surface area contributed by atoms with Crippen molar-refractivity contribution in [3.63, 3.8) is 0 Å². The number of rotatable bonds is 8. The van der Waals surface area contributed by atoms with Gasteiger partial charge in [-0.25, -0.2) is 13.6 Å². The van der Waals surface area contributed by atoms with Crippen molar-refractivity contribution >= 4 is 34.2 Å². The zero-order valence-electron chi connectivity index (χ0n) is 24.9. The summed E-state index contributed by atoms with van der Waals surface area (Å²) in [6.07, 6.45) is 1.19. The van der Waals surface area contributed by atoms with Crippen molar-refractivity contribution in [2.24, 2.45) is 0 Å². The van der Waals surface area contributed by atoms with E-state index in [0.29, 0.717) is 60.9 Å². The molecule has 46 heavy (non-hydrogen) atoms. The zero-order valence-corrected chi connectivity index (χ0v) is 24.9. The highest BCUT2D eigenvalue weighted by Gasteiger charge is 2.23. The van der Waals surface area contributed by atoms with Crippen LogP contribution in [0.1, 0.15) is 26.3 Å². The summed E-state index contributed by atoms with van der Waals surface area (Å²) < 4.78 is 35.8. The molecule has 1 aliphatic heterocycles. The van der Waals surface area contributed by atoms with Gasteiger partial charge in [0, 0.05) is 67.3 Å². The minimum absolute atomic E-state index is 0.0789. The van der Waals surface area contributed by atoms with Crippen molar-refractivity contribution in [3.8, 4) is 11.4 Å². The van der Waals surface area contributed by atoms with Crippen LogP contribution in [0, 0.1) is 11.6 Å². The van der Waals surface area contributed by atoms with E-state index in [-0.39, 0.29) is 17.0 Å². The second-order valence-electron chi connectivity index (χ2n) is 11.0. The van der Waals surface area contributed by atoms with Gasteiger partial charge in [-0.1, -0.05) is 18.2 Å². The van der Waals surface area contributed by atoms with E-state index < -0.39 is 28.6 Å². The Morgan fingerprint density at radius 3 is 2.30 bits per heavy atom. The summed E-state index contributed by atoms with van der Waals surface area (Å²) in [6.45, 7) is 2.94. The molecule has 234 valence electrons. The van der Waals surface area contributed by atoms with Crippen molar-refractivity contribution in [2.45, 2.75) is 6.54 Å². The number of amides is 1. The number of pyridine rings is 1. The molecule has 0 atom stereocenters. The molecule has 1 saturated heterocycles. The molecule has 6 rings (SSSR count). The van der Waals surface area contributed by atoms with Crippen molar-refractivity contribution in [3.05, 3.63) is 130 Å². The minimum Gasteiger partial charge on any atom is -0.497 e. The highest BCUT2D eigenvalue weighted by Crippen LogP contribution is 2.28. The predicted molar refractivity (Wildman–Crippen MR) is 171 cm³/mol. The molecule has 2 heterocycles. The lowest BCUT2D eigenvalue weighted by Gasteiger charge is -2.36. The van der Waals surface area contributed by atoms with Gasteiger partial charge >= 0.3 is 5.97 Å². The number of carbonyl (C=O) groups is 2. The SMILES string of the molecule is COc1cccc(NC(=O)c2ccc(CN3CCN(c4cc5c(cc4F)c(=O)c(C(=O)O)cn5-c4ccc(F)cc4)CC3)cc2)c1. The molecule has 0 bridgehead atoms. The van der Waals surface area contributed by atoms with Crippen LogP contribution in [0.15, 0.2) is 95.9 Å². The van der Waals surface area contributed by atoms with Gasteiger partial charge in [0.1, 0.15) is 22.9 Å². The maximum absolute atomic E-state index is 15.5. The third kappa shape index (κ3) is 6.31. The fourth-order valence-corrected chi connectivity index (χ4v) is 5.62. The Bertz CT molecular complexity index is 1990. The number of fused-ring (bicyclic) bond motifs is 1. The molecular weight excluding hydrogens is 594 g/mol. The molecule has 0 saturated carbocycles. The van der Waals surface area contributed by atoms with Gasteiger partial charge in [0.25, 0.3) is 5.91 Å². The topological polar surface area (TPSA) is 104 Å². The van der Waals surface area contributed by atoms with E-state index in [1.54, 1.807) is 49.6 Å². The van der Waals surface area contributed by atoms with Gasteiger partial charge in [-0.15, -0.1) is 0 Å². The molecule has 1 fully saturated rings. The van der Waals surface area contributed by atoms with Crippen molar-refractivity contribution in [2.75, 3.05) is 43.5 Å². The van der Waals surface area contributed by atoms with Crippen molar-refractivity contribution in [1.82, 2.24) is 9.47 Å². The van der Waals surface area contributed by atoms with Gasteiger partial charge < -0.3 is 24.6 Å². The van der Waals surface area contributed by atoms with Gasteiger partial charge in [-0.2, -0.15) is 0 Å². The molecule has 1 amide bonds. The fraction of sp³-hybridized carbons (Fsp3) is 0.171. The third-order valence-corrected chi connectivity index (χ3v) is 8.07. The van der Waals surface area contributed by atoms with Gasteiger partial charge in [0.2, 0.25) is 5.43 Å². The zero-order chi connectivity index (χ0) is 32.4. The van der Waals surface area contributed by atoms with Crippen LogP contribution in [0.5, 0.6) is 5.75 Å². The number of aromatic carboxylic acids is 1. The first-order chi connectivity index (χ1) is 22.2. The lowest BCUT2D eigenvalue weighted by Crippen LogP contribution is -2.46. The molecule has 9 nitrogen and oxygen atoms in total. The van der Waals surface area contributed by atoms with Crippen LogP contribution in [-0.4, -0.2) is 59.7 Å². The van der Waals surface area contributed by atoms with Crippen LogP contribution in [0.3, 0.4) is 0 Å². The predicted octanol–water partition coefficient (Wildman–Crippen LogP) is 5.55. The number of halogens is 2. The van der Waals surface area contributed by atoms with Crippen molar-refractivity contribution in [1.29, 1.82) is 0 Å². The molecule has 0 aliphatic carbocycles. The molecule has 11 heteroatoms. The molecule has 5 aromatic rings. The number of hydrogen-bond acceptors (Lipinski definition) is 6. The Kier molecular flexibility index (Phi) is 8.49. The maximum atomic E-state index is 15.5. The Morgan fingerprint density at radius 2 is 1.63 bits per heavy atom. The standard InChI is InChI=1S/C35H30F2N4O5/c1-46-27-4-2-3-25(17-27)38-34(43)23-7-5-22(6-8-23)20-39-13-15-40(16-14-39)32-19-31-28(18-30(32)37)33(42)29(35(44)45)21-41(31)26-11-9-24(36)10-12-26/h2-12,17-19,21H,13-16,20H2,1H3,(H,38,43)(H,44,45). The summed E-state index contributed by atoms with van der Waals surface area (Å²) in [5.41, 5.74) is 1.92. The lowest BCUT2D eigenvalue weighted by atomic mass is 10.1. The summed E-state index contributed by atoms with van der Waals surface area (Å²) in [5.74, 6) is -2.11. The van der Waals surface area contributed by atoms with Crippen LogP contribution < -0.4 is 20.4 Å².